The van der Waals surface area contributed by atoms with Gasteiger partial charge in [0, 0.05) is 6.42 Å². The minimum absolute atomic E-state index is 0.00819. The molecule has 15 nitrogen and oxygen atoms in total. The molecule has 0 aliphatic carbocycles. The first kappa shape index (κ1) is 25.4. The molecule has 38 heavy (non-hydrogen) atoms. The number of tetrazole rings is 1. The predicted octanol–water partition coefficient (Wildman–Crippen LogP) is -0.563. The van der Waals surface area contributed by atoms with Gasteiger partial charge >= 0.3 is 5.97 Å². The Morgan fingerprint density at radius 1 is 1.37 bits per heavy atom. The topological polar surface area (TPSA) is 220 Å². The molecular weight excluding hydrogens is 522 g/mol. The number of nitrogens with one attached hydrogen (secondary N) is 1. The highest BCUT2D eigenvalue weighted by Crippen LogP contribution is 2.40. The number of fused-ring (bicyclic) bond motifs is 1. The van der Waals surface area contributed by atoms with Crippen LogP contribution in [0.15, 0.2) is 36.7 Å². The Hall–Kier alpha value is -4.20. The zero-order valence-electron chi connectivity index (χ0n) is 19.3. The van der Waals surface area contributed by atoms with Crippen LogP contribution < -0.4 is 5.73 Å². The number of nitrogen functional groups attached to an aromatic ring is 1. The first-order valence-corrected chi connectivity index (χ1v) is 11.4. The van der Waals surface area contributed by atoms with Crippen molar-refractivity contribution < 1.29 is 29.6 Å². The number of carboxylic acid groups (broad SMARTS) is 1. The molecule has 196 valence electrons. The van der Waals surface area contributed by atoms with Gasteiger partial charge in [0.2, 0.25) is 10.9 Å². The highest BCUT2D eigenvalue weighted by Gasteiger charge is 2.57. The summed E-state index contributed by atoms with van der Waals surface area (Å²) in [4.78, 5) is 24.6. The van der Waals surface area contributed by atoms with Crippen LogP contribution in [0.1, 0.15) is 17.6 Å². The number of aromatic amines is 1. The van der Waals surface area contributed by atoms with Crippen molar-refractivity contribution in [1.29, 1.82) is 0 Å². The van der Waals surface area contributed by atoms with E-state index in [1.54, 1.807) is 30.3 Å². The van der Waals surface area contributed by atoms with Crippen LogP contribution in [0.3, 0.4) is 0 Å². The normalized spacial score (nSPS) is 24.7. The second kappa shape index (κ2) is 9.59. The average molecular weight is 542 g/mol. The van der Waals surface area contributed by atoms with Crippen LogP contribution in [-0.2, 0) is 26.3 Å². The molecule has 5 rings (SSSR count). The van der Waals surface area contributed by atoms with E-state index in [1.807, 2.05) is 0 Å². The molecule has 1 aromatic carbocycles. The van der Waals surface area contributed by atoms with E-state index in [-0.39, 0.29) is 34.5 Å². The number of anilines is 1. The van der Waals surface area contributed by atoms with E-state index >= 15 is 0 Å². The third kappa shape index (κ3) is 4.10. The van der Waals surface area contributed by atoms with Crippen LogP contribution in [0.5, 0.6) is 0 Å². The van der Waals surface area contributed by atoms with E-state index in [1.165, 1.54) is 10.9 Å². The molecule has 0 amide bonds. The fourth-order valence-corrected chi connectivity index (χ4v) is 4.46. The smallest absolute Gasteiger partial charge is 0.344 e. The molecule has 0 radical (unpaired) electrons. The number of ether oxygens (including phenoxy) is 2. The Morgan fingerprint density at radius 3 is 2.79 bits per heavy atom. The summed E-state index contributed by atoms with van der Waals surface area (Å²) in [6, 6.07) is 8.65. The van der Waals surface area contributed by atoms with E-state index in [9.17, 15) is 20.1 Å². The number of terminal acetylenes is 1. The Morgan fingerprint density at radius 2 is 2.13 bits per heavy atom. The van der Waals surface area contributed by atoms with Gasteiger partial charge in [0.15, 0.2) is 29.1 Å². The van der Waals surface area contributed by atoms with Crippen LogP contribution in [0.4, 0.5) is 5.82 Å². The summed E-state index contributed by atoms with van der Waals surface area (Å²) in [7, 11) is 0. The molecule has 5 atom stereocenters. The predicted molar refractivity (Wildman–Crippen MR) is 128 cm³/mol. The van der Waals surface area contributed by atoms with E-state index < -0.39 is 42.2 Å². The maximum absolute atomic E-state index is 12.6. The van der Waals surface area contributed by atoms with Gasteiger partial charge in [0.05, 0.1) is 12.9 Å². The van der Waals surface area contributed by atoms with Crippen LogP contribution in [0.2, 0.25) is 5.28 Å². The minimum atomic E-state index is -2.31. The number of rotatable bonds is 8. The maximum Gasteiger partial charge on any atom is 0.344 e. The summed E-state index contributed by atoms with van der Waals surface area (Å²) >= 11 is 5.93. The Bertz CT molecular complexity index is 1510. The lowest BCUT2D eigenvalue weighted by Crippen LogP contribution is -2.51. The molecule has 0 spiro atoms. The number of aliphatic hydroxyl groups is 2. The summed E-state index contributed by atoms with van der Waals surface area (Å²) in [6.45, 7) is -0.585. The van der Waals surface area contributed by atoms with Crippen molar-refractivity contribution in [3.63, 3.8) is 0 Å². The summed E-state index contributed by atoms with van der Waals surface area (Å²) in [5.74, 6) is 0.519. The number of nitrogens with zero attached hydrogens (tertiary/aromatic N) is 7. The first-order chi connectivity index (χ1) is 18.2. The maximum atomic E-state index is 12.6. The van der Waals surface area contributed by atoms with Crippen molar-refractivity contribution >= 4 is 34.6 Å². The fraction of sp³-hybridized carbons (Fsp3) is 0.318. The first-order valence-electron chi connectivity index (χ1n) is 11.0. The van der Waals surface area contributed by atoms with Gasteiger partial charge < -0.3 is 30.5 Å². The van der Waals surface area contributed by atoms with Crippen molar-refractivity contribution in [3.8, 4) is 12.3 Å². The Balaban J connectivity index is 1.48. The van der Waals surface area contributed by atoms with Gasteiger partial charge in [-0.15, -0.1) is 11.5 Å². The molecule has 4 heterocycles. The molecule has 3 aromatic heterocycles. The third-order valence-corrected chi connectivity index (χ3v) is 6.46. The molecule has 1 fully saturated rings. The third-order valence-electron chi connectivity index (χ3n) is 6.29. The van der Waals surface area contributed by atoms with Gasteiger partial charge in [-0.1, -0.05) is 36.3 Å². The van der Waals surface area contributed by atoms with Crippen molar-refractivity contribution in [1.82, 2.24) is 40.1 Å². The number of imidazole rings is 1. The summed E-state index contributed by atoms with van der Waals surface area (Å²) in [6.07, 6.45) is 2.23. The fourth-order valence-electron chi connectivity index (χ4n) is 4.29. The number of aromatic nitrogens is 8. The summed E-state index contributed by atoms with van der Waals surface area (Å²) in [5.41, 5.74) is 2.32. The van der Waals surface area contributed by atoms with Gasteiger partial charge in [-0.05, 0) is 27.6 Å². The molecule has 1 saturated heterocycles. The van der Waals surface area contributed by atoms with Gasteiger partial charge in [-0.2, -0.15) is 9.97 Å². The molecular formula is C22H20ClN9O6. The monoisotopic (exact) mass is 541 g/mol. The van der Waals surface area contributed by atoms with Gasteiger partial charge in [-0.3, -0.25) is 4.57 Å². The number of nitrogens with two attached hydrogens (primary N) is 1. The quantitative estimate of drug-likeness (QED) is 0.139. The van der Waals surface area contributed by atoms with Crippen LogP contribution in [0, 0.1) is 12.3 Å². The van der Waals surface area contributed by atoms with E-state index in [0.29, 0.717) is 5.56 Å². The number of aliphatic carboxylic acids is 1. The van der Waals surface area contributed by atoms with E-state index in [2.05, 4.69) is 41.5 Å². The van der Waals surface area contributed by atoms with Gasteiger partial charge in [0.25, 0.3) is 0 Å². The Kier molecular flexibility index (Phi) is 6.42. The number of H-pyrrole nitrogens is 1. The highest BCUT2D eigenvalue weighted by atomic mass is 35.5. The summed E-state index contributed by atoms with van der Waals surface area (Å²) in [5, 5.41) is 45.5. The molecule has 0 saturated carbocycles. The molecule has 1 aliphatic rings. The van der Waals surface area contributed by atoms with E-state index in [4.69, 9.17) is 33.2 Å². The number of aliphatic hydroxyl groups excluding tert-OH is 1. The number of hydrogen-bond donors (Lipinski definition) is 5. The summed E-state index contributed by atoms with van der Waals surface area (Å²) < 4.78 is 13.1. The molecule has 1 aliphatic heterocycles. The number of carboxylic acids is 1. The molecule has 16 heteroatoms. The zero-order chi connectivity index (χ0) is 27.1. The number of carbonyl (C=O) groups is 1. The highest BCUT2D eigenvalue weighted by molar-refractivity contribution is 6.28. The second-order valence-corrected chi connectivity index (χ2v) is 8.83. The SMILES string of the molecule is C#C[C@@]1(O)[C@@H](CO[C@@](Cc2ccccc2)(C(=O)O)c2nnn[nH]2)O[C@@H](n2cnc3c(N)nc(Cl)nc32)[C@@H]1O. The lowest BCUT2D eigenvalue weighted by Gasteiger charge is -2.31. The van der Waals surface area contributed by atoms with Crippen molar-refractivity contribution in [2.45, 2.75) is 36.1 Å². The molecule has 6 N–H and O–H groups in total. The van der Waals surface area contributed by atoms with Gasteiger partial charge in [-0.25, -0.2) is 14.9 Å². The van der Waals surface area contributed by atoms with E-state index in [0.717, 1.165) is 0 Å². The lowest BCUT2D eigenvalue weighted by molar-refractivity contribution is -0.179. The number of halogens is 1. The van der Waals surface area contributed by atoms with Gasteiger partial charge in [0.1, 0.15) is 17.7 Å². The van der Waals surface area contributed by atoms with Crippen LogP contribution in [-0.4, -0.2) is 85.8 Å². The van der Waals surface area contributed by atoms with Crippen LogP contribution in [0.25, 0.3) is 11.2 Å². The van der Waals surface area contributed by atoms with Crippen molar-refractivity contribution in [2.24, 2.45) is 0 Å². The minimum Gasteiger partial charge on any atom is -0.479 e. The largest absolute Gasteiger partial charge is 0.479 e. The van der Waals surface area contributed by atoms with Crippen LogP contribution >= 0.6 is 11.6 Å². The average Bonchev–Trinajstić information content (AvgIpc) is 3.63. The standard InChI is InChI=1S/C22H20ClN9O6/c1-2-21(36)12(38-17(14(21)33)32-10-25-13-15(24)26-20(23)27-16(13)32)9-37-22(19(34)35,18-28-30-31-29-18)8-11-6-4-3-5-7-11/h1,3-7,10,12,14,17,33,36H,8-9H2,(H,34,35)(H2,24,26,27)(H,28,29,30,31)/t12-,14+,17-,21-,22-/m1/s1. The number of hydrogen-bond acceptors (Lipinski definition) is 12. The molecule has 0 bridgehead atoms. The second-order valence-electron chi connectivity index (χ2n) is 8.49. The lowest BCUT2D eigenvalue weighted by atomic mass is 9.91. The molecule has 0 unspecified atom stereocenters. The van der Waals surface area contributed by atoms with Crippen molar-refractivity contribution in [3.05, 3.63) is 53.3 Å². The molecule has 4 aromatic rings. The number of benzene rings is 1. The zero-order valence-corrected chi connectivity index (χ0v) is 20.1. The Labute approximate surface area is 218 Å². The van der Waals surface area contributed by atoms with Crippen molar-refractivity contribution in [2.75, 3.05) is 12.3 Å².